The highest BCUT2D eigenvalue weighted by atomic mass is 16.6. The lowest BCUT2D eigenvalue weighted by Gasteiger charge is -2.27. The molecule has 0 radical (unpaired) electrons. The molecule has 1 unspecified atom stereocenters. The van der Waals surface area contributed by atoms with Gasteiger partial charge < -0.3 is 14.8 Å². The van der Waals surface area contributed by atoms with Gasteiger partial charge in [-0.25, -0.2) is 9.97 Å². The van der Waals surface area contributed by atoms with E-state index in [0.717, 1.165) is 31.6 Å². The van der Waals surface area contributed by atoms with Crippen molar-refractivity contribution < 1.29 is 9.47 Å². The zero-order chi connectivity index (χ0) is 14.2. The fraction of sp³-hybridized carbons (Fsp3) is 0.714. The Labute approximate surface area is 120 Å². The van der Waals surface area contributed by atoms with Gasteiger partial charge in [0, 0.05) is 37.6 Å². The normalized spacial score (nSPS) is 19.2. The SMILES string of the molecule is CCCNc1ncc(CN(C)CC2COCCO2)cn1. The van der Waals surface area contributed by atoms with Crippen LogP contribution in [0.3, 0.4) is 0 Å². The van der Waals surface area contributed by atoms with E-state index in [1.165, 1.54) is 0 Å². The Kier molecular flexibility index (Phi) is 6.17. The first kappa shape index (κ1) is 15.2. The van der Waals surface area contributed by atoms with E-state index in [-0.39, 0.29) is 6.10 Å². The lowest BCUT2D eigenvalue weighted by atomic mass is 10.3. The molecule has 0 saturated carbocycles. The first-order chi connectivity index (χ1) is 9.78. The average Bonchev–Trinajstić information content (AvgIpc) is 2.47. The summed E-state index contributed by atoms with van der Waals surface area (Å²) in [6.07, 6.45) is 4.98. The van der Waals surface area contributed by atoms with Crippen molar-refractivity contribution in [2.75, 3.05) is 45.3 Å². The first-order valence-electron chi connectivity index (χ1n) is 7.20. The van der Waals surface area contributed by atoms with Crippen molar-refractivity contribution in [3.8, 4) is 0 Å². The predicted octanol–water partition coefficient (Wildman–Crippen LogP) is 1.15. The molecule has 2 heterocycles. The quantitative estimate of drug-likeness (QED) is 0.808. The van der Waals surface area contributed by atoms with Crippen LogP contribution in [-0.4, -0.2) is 60.9 Å². The van der Waals surface area contributed by atoms with Gasteiger partial charge in [0.25, 0.3) is 0 Å². The number of hydrogen-bond acceptors (Lipinski definition) is 6. The summed E-state index contributed by atoms with van der Waals surface area (Å²) in [4.78, 5) is 10.8. The number of nitrogens with zero attached hydrogens (tertiary/aromatic N) is 3. The molecule has 6 heteroatoms. The van der Waals surface area contributed by atoms with Crippen LogP contribution in [0.1, 0.15) is 18.9 Å². The van der Waals surface area contributed by atoms with Crippen molar-refractivity contribution in [1.82, 2.24) is 14.9 Å². The zero-order valence-corrected chi connectivity index (χ0v) is 12.3. The summed E-state index contributed by atoms with van der Waals surface area (Å²) in [5.41, 5.74) is 1.10. The predicted molar refractivity (Wildman–Crippen MR) is 77.7 cm³/mol. The second kappa shape index (κ2) is 8.14. The molecule has 0 bridgehead atoms. The molecule has 112 valence electrons. The Morgan fingerprint density at radius 1 is 1.35 bits per heavy atom. The number of hydrogen-bond donors (Lipinski definition) is 1. The van der Waals surface area contributed by atoms with Crippen LogP contribution in [0.25, 0.3) is 0 Å². The van der Waals surface area contributed by atoms with Gasteiger partial charge in [-0.2, -0.15) is 0 Å². The molecule has 1 aliphatic rings. The van der Waals surface area contributed by atoms with Crippen molar-refractivity contribution >= 4 is 5.95 Å². The van der Waals surface area contributed by atoms with Crippen molar-refractivity contribution in [3.63, 3.8) is 0 Å². The van der Waals surface area contributed by atoms with Gasteiger partial charge in [-0.05, 0) is 13.5 Å². The van der Waals surface area contributed by atoms with Gasteiger partial charge in [0.1, 0.15) is 0 Å². The lowest BCUT2D eigenvalue weighted by Crippen LogP contribution is -2.38. The van der Waals surface area contributed by atoms with E-state index in [1.807, 2.05) is 12.4 Å². The molecule has 20 heavy (non-hydrogen) atoms. The Balaban J connectivity index is 1.76. The zero-order valence-electron chi connectivity index (χ0n) is 12.3. The Morgan fingerprint density at radius 3 is 2.80 bits per heavy atom. The van der Waals surface area contributed by atoms with Gasteiger partial charge in [-0.3, -0.25) is 4.90 Å². The smallest absolute Gasteiger partial charge is 0.222 e. The molecule has 1 saturated heterocycles. The Hall–Kier alpha value is -1.24. The maximum atomic E-state index is 5.64. The second-order valence-corrected chi connectivity index (χ2v) is 5.11. The fourth-order valence-corrected chi connectivity index (χ4v) is 2.13. The van der Waals surface area contributed by atoms with Gasteiger partial charge >= 0.3 is 0 Å². The van der Waals surface area contributed by atoms with Gasteiger partial charge in [-0.1, -0.05) is 6.92 Å². The maximum Gasteiger partial charge on any atom is 0.222 e. The van der Waals surface area contributed by atoms with Gasteiger partial charge in [-0.15, -0.1) is 0 Å². The highest BCUT2D eigenvalue weighted by Gasteiger charge is 2.16. The molecule has 2 rings (SSSR count). The third-order valence-corrected chi connectivity index (χ3v) is 3.09. The van der Waals surface area contributed by atoms with Crippen LogP contribution >= 0.6 is 0 Å². The van der Waals surface area contributed by atoms with E-state index < -0.39 is 0 Å². The minimum Gasteiger partial charge on any atom is -0.376 e. The first-order valence-corrected chi connectivity index (χ1v) is 7.20. The van der Waals surface area contributed by atoms with E-state index in [1.54, 1.807) is 0 Å². The standard InChI is InChI=1S/C14H24N4O2/c1-3-4-15-14-16-7-12(8-17-14)9-18(2)10-13-11-19-5-6-20-13/h7-8,13H,3-6,9-11H2,1-2H3,(H,15,16,17). The van der Waals surface area contributed by atoms with E-state index in [9.17, 15) is 0 Å². The average molecular weight is 280 g/mol. The summed E-state index contributed by atoms with van der Waals surface area (Å²) >= 11 is 0. The monoisotopic (exact) mass is 280 g/mol. The minimum atomic E-state index is 0.167. The van der Waals surface area contributed by atoms with Crippen LogP contribution in [-0.2, 0) is 16.0 Å². The Bertz CT molecular complexity index is 379. The van der Waals surface area contributed by atoms with Crippen molar-refractivity contribution in [3.05, 3.63) is 18.0 Å². The number of aromatic nitrogens is 2. The largest absolute Gasteiger partial charge is 0.376 e. The molecule has 0 aromatic carbocycles. The summed E-state index contributed by atoms with van der Waals surface area (Å²) < 4.78 is 11.0. The maximum absolute atomic E-state index is 5.64. The summed E-state index contributed by atoms with van der Waals surface area (Å²) in [5, 5.41) is 3.17. The summed E-state index contributed by atoms with van der Waals surface area (Å²) in [6, 6.07) is 0. The Morgan fingerprint density at radius 2 is 2.15 bits per heavy atom. The molecule has 0 aliphatic carbocycles. The van der Waals surface area contributed by atoms with E-state index in [0.29, 0.717) is 25.8 Å². The molecule has 1 aromatic rings. The molecule has 1 aliphatic heterocycles. The third kappa shape index (κ3) is 5.03. The fourth-order valence-electron chi connectivity index (χ4n) is 2.13. The van der Waals surface area contributed by atoms with Crippen LogP contribution in [0.4, 0.5) is 5.95 Å². The summed E-state index contributed by atoms with van der Waals surface area (Å²) in [6.45, 7) is 6.77. The molecule has 1 aromatic heterocycles. The van der Waals surface area contributed by atoms with Gasteiger partial charge in [0.05, 0.1) is 25.9 Å². The number of nitrogens with one attached hydrogen (secondary N) is 1. The van der Waals surface area contributed by atoms with Crippen LogP contribution in [0.5, 0.6) is 0 Å². The summed E-state index contributed by atoms with van der Waals surface area (Å²) in [5.74, 6) is 0.697. The minimum absolute atomic E-state index is 0.167. The second-order valence-electron chi connectivity index (χ2n) is 5.11. The molecule has 0 amide bonds. The number of likely N-dealkylation sites (N-methyl/N-ethyl adjacent to an activating group) is 1. The van der Waals surface area contributed by atoms with E-state index in [4.69, 9.17) is 9.47 Å². The molecule has 0 spiro atoms. The molecule has 6 nitrogen and oxygen atoms in total. The van der Waals surface area contributed by atoms with Crippen molar-refractivity contribution in [2.24, 2.45) is 0 Å². The number of anilines is 1. The molecular formula is C14H24N4O2. The van der Waals surface area contributed by atoms with Gasteiger partial charge in [0.15, 0.2) is 0 Å². The third-order valence-electron chi connectivity index (χ3n) is 3.09. The van der Waals surface area contributed by atoms with Gasteiger partial charge in [0.2, 0.25) is 5.95 Å². The molecule has 1 fully saturated rings. The van der Waals surface area contributed by atoms with Crippen molar-refractivity contribution in [2.45, 2.75) is 26.0 Å². The topological polar surface area (TPSA) is 59.5 Å². The van der Waals surface area contributed by atoms with E-state index in [2.05, 4.69) is 34.2 Å². The highest BCUT2D eigenvalue weighted by molar-refractivity contribution is 5.24. The van der Waals surface area contributed by atoms with Crippen molar-refractivity contribution in [1.29, 1.82) is 0 Å². The van der Waals surface area contributed by atoms with Crippen LogP contribution in [0.15, 0.2) is 12.4 Å². The molecule has 1 N–H and O–H groups in total. The molecular weight excluding hydrogens is 256 g/mol. The summed E-state index contributed by atoms with van der Waals surface area (Å²) in [7, 11) is 2.07. The van der Waals surface area contributed by atoms with Crippen LogP contribution in [0.2, 0.25) is 0 Å². The number of ether oxygens (including phenoxy) is 2. The molecule has 1 atom stereocenters. The van der Waals surface area contributed by atoms with Crippen LogP contribution in [0, 0.1) is 0 Å². The van der Waals surface area contributed by atoms with Crippen LogP contribution < -0.4 is 5.32 Å². The highest BCUT2D eigenvalue weighted by Crippen LogP contribution is 2.07. The number of rotatable bonds is 7. The van der Waals surface area contributed by atoms with E-state index >= 15 is 0 Å². The lowest BCUT2D eigenvalue weighted by molar-refractivity contribution is -0.0962.